The molecule has 1 aliphatic heterocycles. The van der Waals surface area contributed by atoms with E-state index in [9.17, 15) is 14.7 Å². The summed E-state index contributed by atoms with van der Waals surface area (Å²) < 4.78 is 0. The number of benzene rings is 1. The third-order valence-corrected chi connectivity index (χ3v) is 5.23. The Morgan fingerprint density at radius 2 is 2.04 bits per heavy atom. The summed E-state index contributed by atoms with van der Waals surface area (Å²) in [5.74, 6) is 0.191. The number of aliphatic hydroxyl groups is 1. The van der Waals surface area contributed by atoms with Crippen LogP contribution in [0.4, 0.5) is 4.79 Å². The van der Waals surface area contributed by atoms with E-state index in [2.05, 4.69) is 5.32 Å². The summed E-state index contributed by atoms with van der Waals surface area (Å²) in [6, 6.07) is 9.03. The van der Waals surface area contributed by atoms with Crippen molar-refractivity contribution in [1.82, 2.24) is 10.2 Å². The van der Waals surface area contributed by atoms with Crippen LogP contribution in [0.1, 0.15) is 24.8 Å². The van der Waals surface area contributed by atoms with E-state index in [1.165, 1.54) is 0 Å². The zero-order valence-corrected chi connectivity index (χ0v) is 13.1. The van der Waals surface area contributed by atoms with Crippen LogP contribution in [-0.2, 0) is 10.4 Å². The van der Waals surface area contributed by atoms with Gasteiger partial charge in [-0.15, -0.1) is 0 Å². The number of hydrogen-bond acceptors (Lipinski definition) is 3. The van der Waals surface area contributed by atoms with E-state index in [4.69, 9.17) is 5.73 Å². The molecule has 6 nitrogen and oxygen atoms in total. The van der Waals surface area contributed by atoms with Crippen LogP contribution in [0.2, 0.25) is 0 Å². The van der Waals surface area contributed by atoms with Crippen molar-refractivity contribution in [2.45, 2.75) is 24.9 Å². The summed E-state index contributed by atoms with van der Waals surface area (Å²) in [4.78, 5) is 24.7. The Kier molecular flexibility index (Phi) is 4.26. The first-order chi connectivity index (χ1) is 11.0. The van der Waals surface area contributed by atoms with Crippen molar-refractivity contribution in [2.75, 3.05) is 19.6 Å². The van der Waals surface area contributed by atoms with Gasteiger partial charge in [0.2, 0.25) is 5.91 Å². The molecule has 124 valence electrons. The van der Waals surface area contributed by atoms with E-state index in [0.29, 0.717) is 19.0 Å². The normalized spacial score (nSPS) is 29.9. The Hall–Kier alpha value is -2.08. The van der Waals surface area contributed by atoms with Crippen LogP contribution >= 0.6 is 0 Å². The zero-order chi connectivity index (χ0) is 16.4. The van der Waals surface area contributed by atoms with Gasteiger partial charge < -0.3 is 21.1 Å². The molecule has 23 heavy (non-hydrogen) atoms. The highest BCUT2D eigenvalue weighted by Gasteiger charge is 2.50. The zero-order valence-electron chi connectivity index (χ0n) is 13.1. The minimum absolute atomic E-state index is 0.0381. The van der Waals surface area contributed by atoms with Gasteiger partial charge in [0.1, 0.15) is 0 Å². The Labute approximate surface area is 135 Å². The number of rotatable bonds is 3. The van der Waals surface area contributed by atoms with Gasteiger partial charge in [-0.25, -0.2) is 4.79 Å². The van der Waals surface area contributed by atoms with Crippen LogP contribution in [0.15, 0.2) is 30.3 Å². The molecule has 2 fully saturated rings. The first kappa shape index (κ1) is 15.8. The summed E-state index contributed by atoms with van der Waals surface area (Å²) in [6.45, 7) is 1.08. The fourth-order valence-electron chi connectivity index (χ4n) is 4.09. The van der Waals surface area contributed by atoms with E-state index in [1.54, 1.807) is 4.90 Å². The number of nitrogens with one attached hydrogen (secondary N) is 1. The lowest BCUT2D eigenvalue weighted by molar-refractivity contribution is -0.129. The quantitative estimate of drug-likeness (QED) is 0.769. The van der Waals surface area contributed by atoms with Crippen molar-refractivity contribution in [2.24, 2.45) is 17.6 Å². The second-order valence-corrected chi connectivity index (χ2v) is 6.57. The first-order valence-corrected chi connectivity index (χ1v) is 8.09. The SMILES string of the molecule is NC(=O)NCC(=O)N1C[C@@H]2CCC[C@@](O)(c3ccccc3)[C@@H]2C1. The van der Waals surface area contributed by atoms with Crippen LogP contribution in [0.5, 0.6) is 0 Å². The summed E-state index contributed by atoms with van der Waals surface area (Å²) >= 11 is 0. The molecule has 2 aliphatic rings. The molecule has 1 aromatic carbocycles. The average Bonchev–Trinajstić information content (AvgIpc) is 2.99. The standard InChI is InChI=1S/C17H23N3O3/c18-16(22)19-9-15(21)20-10-12-5-4-8-17(23,14(12)11-20)13-6-2-1-3-7-13/h1-3,6-7,12,14,23H,4-5,8-11H2,(H3,18,19,22)/t12-,14+,17+/m0/s1. The lowest BCUT2D eigenvalue weighted by Gasteiger charge is -2.41. The summed E-state index contributed by atoms with van der Waals surface area (Å²) in [7, 11) is 0. The van der Waals surface area contributed by atoms with Gasteiger partial charge in [0.05, 0.1) is 12.1 Å². The molecule has 0 bridgehead atoms. The smallest absolute Gasteiger partial charge is 0.312 e. The predicted octanol–water partition coefficient (Wildman–Crippen LogP) is 0.801. The molecule has 1 aromatic rings. The minimum atomic E-state index is -0.879. The number of carbonyl (C=O) groups excluding carboxylic acids is 2. The number of primary amides is 1. The second-order valence-electron chi connectivity index (χ2n) is 6.57. The maximum atomic E-state index is 12.2. The van der Waals surface area contributed by atoms with Gasteiger partial charge in [-0.05, 0) is 30.7 Å². The Balaban J connectivity index is 1.75. The van der Waals surface area contributed by atoms with Crippen molar-refractivity contribution in [1.29, 1.82) is 0 Å². The number of urea groups is 1. The summed E-state index contributed by atoms with van der Waals surface area (Å²) in [6.07, 6.45) is 2.70. The molecule has 0 unspecified atom stereocenters. The molecule has 3 rings (SSSR count). The lowest BCUT2D eigenvalue weighted by atomic mass is 9.67. The van der Waals surface area contributed by atoms with Gasteiger partial charge in [-0.3, -0.25) is 4.79 Å². The summed E-state index contributed by atoms with van der Waals surface area (Å²) in [5, 5.41) is 13.6. The van der Waals surface area contributed by atoms with Crippen molar-refractivity contribution in [3.05, 3.63) is 35.9 Å². The van der Waals surface area contributed by atoms with E-state index >= 15 is 0 Å². The molecule has 1 aliphatic carbocycles. The molecule has 6 heteroatoms. The molecule has 0 spiro atoms. The highest BCUT2D eigenvalue weighted by atomic mass is 16.3. The highest BCUT2D eigenvalue weighted by molar-refractivity contribution is 5.83. The number of fused-ring (bicyclic) bond motifs is 1. The van der Waals surface area contributed by atoms with E-state index in [1.807, 2.05) is 30.3 Å². The van der Waals surface area contributed by atoms with Gasteiger partial charge in [0.15, 0.2) is 0 Å². The van der Waals surface area contributed by atoms with Gasteiger partial charge in [0.25, 0.3) is 0 Å². The number of amides is 3. The van der Waals surface area contributed by atoms with Crippen LogP contribution in [0.3, 0.4) is 0 Å². The van der Waals surface area contributed by atoms with Crippen molar-refractivity contribution < 1.29 is 14.7 Å². The van der Waals surface area contributed by atoms with E-state index in [0.717, 1.165) is 24.8 Å². The fraction of sp³-hybridized carbons (Fsp3) is 0.529. The molecule has 1 saturated heterocycles. The monoisotopic (exact) mass is 317 g/mol. The van der Waals surface area contributed by atoms with Gasteiger partial charge in [0, 0.05) is 19.0 Å². The van der Waals surface area contributed by atoms with Crippen molar-refractivity contribution in [3.63, 3.8) is 0 Å². The van der Waals surface area contributed by atoms with Crippen LogP contribution < -0.4 is 11.1 Å². The van der Waals surface area contributed by atoms with E-state index in [-0.39, 0.29) is 18.4 Å². The molecular weight excluding hydrogens is 294 g/mol. The Bertz CT molecular complexity index is 592. The lowest BCUT2D eigenvalue weighted by Crippen LogP contribution is -2.44. The third kappa shape index (κ3) is 3.03. The van der Waals surface area contributed by atoms with Crippen molar-refractivity contribution >= 4 is 11.9 Å². The Morgan fingerprint density at radius 1 is 1.30 bits per heavy atom. The second kappa shape index (κ2) is 6.20. The number of likely N-dealkylation sites (tertiary alicyclic amines) is 1. The molecule has 3 amide bonds. The predicted molar refractivity (Wildman–Crippen MR) is 85.3 cm³/mol. The highest BCUT2D eigenvalue weighted by Crippen LogP contribution is 2.48. The largest absolute Gasteiger partial charge is 0.385 e. The number of carbonyl (C=O) groups is 2. The fourth-order valence-corrected chi connectivity index (χ4v) is 4.09. The topological polar surface area (TPSA) is 95.7 Å². The number of nitrogens with zero attached hydrogens (tertiary/aromatic N) is 1. The number of nitrogens with two attached hydrogens (primary N) is 1. The number of hydrogen-bond donors (Lipinski definition) is 3. The average molecular weight is 317 g/mol. The molecule has 1 saturated carbocycles. The molecule has 1 heterocycles. The van der Waals surface area contributed by atoms with Crippen LogP contribution in [0.25, 0.3) is 0 Å². The van der Waals surface area contributed by atoms with Gasteiger partial charge in [-0.1, -0.05) is 30.3 Å². The third-order valence-electron chi connectivity index (χ3n) is 5.23. The molecule has 0 aromatic heterocycles. The first-order valence-electron chi connectivity index (χ1n) is 8.09. The van der Waals surface area contributed by atoms with Crippen molar-refractivity contribution in [3.8, 4) is 0 Å². The summed E-state index contributed by atoms with van der Waals surface area (Å²) in [5.41, 5.74) is 5.07. The van der Waals surface area contributed by atoms with Crippen LogP contribution in [-0.4, -0.2) is 41.6 Å². The van der Waals surface area contributed by atoms with Gasteiger partial charge in [-0.2, -0.15) is 0 Å². The maximum Gasteiger partial charge on any atom is 0.312 e. The maximum absolute atomic E-state index is 12.2. The minimum Gasteiger partial charge on any atom is -0.385 e. The van der Waals surface area contributed by atoms with Crippen LogP contribution in [0, 0.1) is 11.8 Å². The molecule has 4 N–H and O–H groups in total. The molecular formula is C17H23N3O3. The Morgan fingerprint density at radius 3 is 2.74 bits per heavy atom. The van der Waals surface area contributed by atoms with Gasteiger partial charge >= 0.3 is 6.03 Å². The molecule has 0 radical (unpaired) electrons. The van der Waals surface area contributed by atoms with E-state index < -0.39 is 11.6 Å². The molecule has 3 atom stereocenters.